The number of hydrogen-bond acceptors (Lipinski definition) is 4. The first kappa shape index (κ1) is 21.1. The zero-order valence-corrected chi connectivity index (χ0v) is 18.2. The molecule has 0 saturated carbocycles. The van der Waals surface area contributed by atoms with Crippen molar-refractivity contribution in [2.24, 2.45) is 5.92 Å². The van der Waals surface area contributed by atoms with E-state index in [1.807, 2.05) is 11.0 Å². The second-order valence-electron chi connectivity index (χ2n) is 9.14. The van der Waals surface area contributed by atoms with Crippen molar-refractivity contribution >= 4 is 5.91 Å². The molecule has 1 saturated heterocycles. The van der Waals surface area contributed by atoms with E-state index in [0.29, 0.717) is 61.9 Å². The number of allylic oxidation sites excluding steroid dienone is 2. The first-order chi connectivity index (χ1) is 15.6. The maximum Gasteiger partial charge on any atom is 0.254 e. The van der Waals surface area contributed by atoms with Gasteiger partial charge in [-0.15, -0.1) is 0 Å². The van der Waals surface area contributed by atoms with Gasteiger partial charge < -0.3 is 9.88 Å². The number of nitrogens with one attached hydrogen (secondary N) is 1. The van der Waals surface area contributed by atoms with Crippen molar-refractivity contribution in [2.75, 3.05) is 13.1 Å². The van der Waals surface area contributed by atoms with E-state index in [1.165, 1.54) is 6.07 Å². The highest BCUT2D eigenvalue weighted by Gasteiger charge is 2.34. The molecule has 1 N–H and O–H groups in total. The van der Waals surface area contributed by atoms with E-state index in [2.05, 4.69) is 22.0 Å². The maximum absolute atomic E-state index is 14.1. The number of H-pyrrole nitrogens is 1. The molecule has 168 valence electrons. The summed E-state index contributed by atoms with van der Waals surface area (Å²) in [5, 5.41) is 0. The minimum atomic E-state index is -0.213. The number of carbonyl (C=O) groups excluding carboxylic acids is 1. The van der Waals surface area contributed by atoms with Crippen molar-refractivity contribution in [1.82, 2.24) is 19.8 Å². The number of aromatic amines is 1. The van der Waals surface area contributed by atoms with Gasteiger partial charge in [-0.2, -0.15) is 0 Å². The van der Waals surface area contributed by atoms with Gasteiger partial charge in [-0.25, -0.2) is 9.37 Å². The van der Waals surface area contributed by atoms with Gasteiger partial charge in [0.15, 0.2) is 0 Å². The predicted octanol–water partition coefficient (Wildman–Crippen LogP) is 3.49. The van der Waals surface area contributed by atoms with Crippen LogP contribution in [0.4, 0.5) is 4.39 Å². The largest absolute Gasteiger partial charge is 0.332 e. The lowest BCUT2D eigenvalue weighted by Gasteiger charge is -2.29. The molecule has 2 aliphatic heterocycles. The number of likely N-dealkylation sites (tertiary alicyclic amines) is 1. The highest BCUT2D eigenvalue weighted by molar-refractivity contribution is 5.77. The fourth-order valence-electron chi connectivity index (χ4n) is 5.23. The van der Waals surface area contributed by atoms with Crippen molar-refractivity contribution < 1.29 is 9.18 Å². The van der Waals surface area contributed by atoms with Crippen LogP contribution in [0.15, 0.2) is 41.2 Å². The van der Waals surface area contributed by atoms with Gasteiger partial charge in [-0.3, -0.25) is 14.5 Å². The normalized spacial score (nSPS) is 23.0. The molecule has 3 aliphatic rings. The molecule has 6 nitrogen and oxygen atoms in total. The smallest absolute Gasteiger partial charge is 0.254 e. The molecule has 1 amide bonds. The Morgan fingerprint density at radius 1 is 1.22 bits per heavy atom. The minimum absolute atomic E-state index is 0.103. The van der Waals surface area contributed by atoms with Gasteiger partial charge in [-0.1, -0.05) is 30.4 Å². The molecule has 1 aliphatic carbocycles. The highest BCUT2D eigenvalue weighted by Crippen LogP contribution is 2.32. The molecule has 1 aromatic carbocycles. The Morgan fingerprint density at radius 3 is 2.91 bits per heavy atom. The molecule has 3 heterocycles. The molecule has 7 heteroatoms. The Morgan fingerprint density at radius 2 is 2.09 bits per heavy atom. The van der Waals surface area contributed by atoms with Crippen LogP contribution in [0.3, 0.4) is 0 Å². The SMILES string of the molecule is O=C(C[C@H]1C=CCC1)N1CCC[C@@H]1c1nc2c(c(=O)[nH]1)CCN(Cc1ccccc1F)C2. The van der Waals surface area contributed by atoms with E-state index in [-0.39, 0.29) is 23.3 Å². The van der Waals surface area contributed by atoms with E-state index < -0.39 is 0 Å². The summed E-state index contributed by atoms with van der Waals surface area (Å²) in [5.74, 6) is 0.848. The molecule has 5 rings (SSSR count). The van der Waals surface area contributed by atoms with Crippen LogP contribution in [0.2, 0.25) is 0 Å². The van der Waals surface area contributed by atoms with Gasteiger partial charge in [0.05, 0.1) is 11.7 Å². The van der Waals surface area contributed by atoms with E-state index in [1.54, 1.807) is 12.1 Å². The maximum atomic E-state index is 14.1. The van der Waals surface area contributed by atoms with Crippen molar-refractivity contribution in [3.05, 3.63) is 75.2 Å². The Balaban J connectivity index is 1.34. The summed E-state index contributed by atoms with van der Waals surface area (Å²) in [6, 6.07) is 6.62. The van der Waals surface area contributed by atoms with Gasteiger partial charge in [0.25, 0.3) is 5.56 Å². The number of hydrogen-bond donors (Lipinski definition) is 1. The van der Waals surface area contributed by atoms with Crippen LogP contribution in [0.1, 0.15) is 60.8 Å². The van der Waals surface area contributed by atoms with Gasteiger partial charge in [0, 0.05) is 43.7 Å². The van der Waals surface area contributed by atoms with Gasteiger partial charge in [-0.05, 0) is 44.1 Å². The van der Waals surface area contributed by atoms with Crippen molar-refractivity contribution in [3.63, 3.8) is 0 Å². The minimum Gasteiger partial charge on any atom is -0.332 e. The van der Waals surface area contributed by atoms with Gasteiger partial charge in [0.2, 0.25) is 5.91 Å². The number of carbonyl (C=O) groups is 1. The lowest BCUT2D eigenvalue weighted by molar-refractivity contribution is -0.133. The topological polar surface area (TPSA) is 69.3 Å². The molecule has 1 fully saturated rings. The number of halogens is 1. The first-order valence-electron chi connectivity index (χ1n) is 11.6. The van der Waals surface area contributed by atoms with Crippen LogP contribution >= 0.6 is 0 Å². The molecule has 2 atom stereocenters. The third-order valence-electron chi connectivity index (χ3n) is 6.96. The molecule has 0 radical (unpaired) electrons. The van der Waals surface area contributed by atoms with E-state index in [0.717, 1.165) is 31.4 Å². The molecular weight excluding hydrogens is 407 g/mol. The number of rotatable bonds is 5. The average molecular weight is 437 g/mol. The lowest BCUT2D eigenvalue weighted by Crippen LogP contribution is -2.37. The molecule has 0 unspecified atom stereocenters. The molecular formula is C25H29FN4O2. The van der Waals surface area contributed by atoms with E-state index in [9.17, 15) is 14.0 Å². The third-order valence-corrected chi connectivity index (χ3v) is 6.96. The molecule has 32 heavy (non-hydrogen) atoms. The summed E-state index contributed by atoms with van der Waals surface area (Å²) >= 11 is 0. The molecule has 2 aromatic rings. The van der Waals surface area contributed by atoms with E-state index in [4.69, 9.17) is 4.98 Å². The molecule has 0 bridgehead atoms. The monoisotopic (exact) mass is 436 g/mol. The Bertz CT molecular complexity index is 1100. The summed E-state index contributed by atoms with van der Waals surface area (Å²) in [6.07, 6.45) is 9.22. The summed E-state index contributed by atoms with van der Waals surface area (Å²) in [7, 11) is 0. The number of aromatic nitrogens is 2. The van der Waals surface area contributed by atoms with Gasteiger partial charge in [0.1, 0.15) is 11.6 Å². The summed E-state index contributed by atoms with van der Waals surface area (Å²) in [6.45, 7) is 2.39. The summed E-state index contributed by atoms with van der Waals surface area (Å²) in [4.78, 5) is 37.6. The first-order valence-corrected chi connectivity index (χ1v) is 11.6. The third kappa shape index (κ3) is 4.26. The second-order valence-corrected chi connectivity index (χ2v) is 9.14. The van der Waals surface area contributed by atoms with Crippen LogP contribution < -0.4 is 5.56 Å². The highest BCUT2D eigenvalue weighted by atomic mass is 19.1. The summed E-state index contributed by atoms with van der Waals surface area (Å²) in [5.41, 5.74) is 2.01. The molecule has 0 spiro atoms. The van der Waals surface area contributed by atoms with Crippen molar-refractivity contribution in [1.29, 1.82) is 0 Å². The van der Waals surface area contributed by atoms with E-state index >= 15 is 0 Å². The number of benzene rings is 1. The zero-order valence-electron chi connectivity index (χ0n) is 18.2. The lowest BCUT2D eigenvalue weighted by atomic mass is 10.0. The Labute approximate surface area is 187 Å². The number of amides is 1. The van der Waals surface area contributed by atoms with Crippen LogP contribution in [0, 0.1) is 11.7 Å². The fourth-order valence-corrected chi connectivity index (χ4v) is 5.23. The van der Waals surface area contributed by atoms with Crippen LogP contribution in [-0.4, -0.2) is 38.8 Å². The Hall–Kier alpha value is -2.80. The van der Waals surface area contributed by atoms with Crippen LogP contribution in [-0.2, 0) is 24.3 Å². The van der Waals surface area contributed by atoms with Gasteiger partial charge >= 0.3 is 0 Å². The predicted molar refractivity (Wildman–Crippen MR) is 119 cm³/mol. The molecule has 1 aromatic heterocycles. The standard InChI is InChI=1S/C25H29FN4O2/c26-20-9-4-3-8-18(20)15-29-13-11-19-21(16-29)27-24(28-25(19)32)22-10-5-12-30(22)23(31)14-17-6-1-2-7-17/h1,3-4,6,8-9,17,22H,2,5,7,10-16H2,(H,27,28,32)/t17-,22+/m0/s1. The van der Waals surface area contributed by atoms with Crippen LogP contribution in [0.25, 0.3) is 0 Å². The number of nitrogens with zero attached hydrogens (tertiary/aromatic N) is 3. The number of fused-ring (bicyclic) bond motifs is 1. The van der Waals surface area contributed by atoms with Crippen molar-refractivity contribution in [2.45, 2.75) is 57.7 Å². The second kappa shape index (κ2) is 8.98. The Kier molecular flexibility index (Phi) is 5.91. The average Bonchev–Trinajstić information content (AvgIpc) is 3.47. The zero-order chi connectivity index (χ0) is 22.1. The quantitative estimate of drug-likeness (QED) is 0.729. The summed E-state index contributed by atoms with van der Waals surface area (Å²) < 4.78 is 14.1. The van der Waals surface area contributed by atoms with Crippen LogP contribution in [0.5, 0.6) is 0 Å². The van der Waals surface area contributed by atoms with Crippen molar-refractivity contribution in [3.8, 4) is 0 Å². The fraction of sp³-hybridized carbons (Fsp3) is 0.480.